The van der Waals surface area contributed by atoms with Gasteiger partial charge in [0.2, 0.25) is 0 Å². The second-order valence-corrected chi connectivity index (χ2v) is 9.40. The van der Waals surface area contributed by atoms with E-state index in [1.54, 1.807) is 6.07 Å². The molecule has 6 rings (SSSR count). The molecule has 0 aromatic heterocycles. The molecule has 0 spiro atoms. The minimum Gasteiger partial charge on any atom is -0.271 e. The molecule has 1 heterocycles. The fraction of sp³-hybridized carbons (Fsp3) is 0.667. The zero-order valence-corrected chi connectivity index (χ0v) is 15.4. The van der Waals surface area contributed by atoms with Crippen molar-refractivity contribution < 1.29 is 13.6 Å². The molecule has 26 heavy (non-hydrogen) atoms. The molecule has 3 nitrogen and oxygen atoms in total. The van der Waals surface area contributed by atoms with E-state index in [0.717, 1.165) is 17.9 Å². The summed E-state index contributed by atoms with van der Waals surface area (Å²) in [4.78, 5) is 13.0. The molecule has 5 heteroatoms. The number of carbonyl (C=O) groups is 1. The van der Waals surface area contributed by atoms with Crippen LogP contribution >= 0.6 is 0 Å². The van der Waals surface area contributed by atoms with Crippen molar-refractivity contribution in [2.75, 3.05) is 0 Å². The lowest BCUT2D eigenvalue weighted by Crippen LogP contribution is -2.79. The van der Waals surface area contributed by atoms with E-state index in [9.17, 15) is 13.6 Å². The molecular weight excluding hydrogens is 334 g/mol. The zero-order valence-electron chi connectivity index (χ0n) is 15.4. The van der Waals surface area contributed by atoms with Crippen molar-refractivity contribution in [2.24, 2.45) is 23.7 Å². The summed E-state index contributed by atoms with van der Waals surface area (Å²) >= 11 is 0. The zero-order chi connectivity index (χ0) is 18.2. The highest BCUT2D eigenvalue weighted by Gasteiger charge is 2.60. The van der Waals surface area contributed by atoms with Gasteiger partial charge in [-0.1, -0.05) is 12.1 Å². The fourth-order valence-electron chi connectivity index (χ4n) is 6.42. The third-order valence-electron chi connectivity index (χ3n) is 7.45. The number of nitrogens with zero attached hydrogens (tertiary/aromatic N) is 2. The Morgan fingerprint density at radius 2 is 1.65 bits per heavy atom. The molecule has 1 aromatic carbocycles. The molecule has 4 aliphatic carbocycles. The van der Waals surface area contributed by atoms with Crippen LogP contribution in [0.4, 0.5) is 8.78 Å². The summed E-state index contributed by atoms with van der Waals surface area (Å²) in [5.74, 6) is 1.34. The average molecular weight is 360 g/mol. The van der Waals surface area contributed by atoms with Crippen molar-refractivity contribution >= 4 is 5.91 Å². The predicted molar refractivity (Wildman–Crippen MR) is 93.7 cm³/mol. The summed E-state index contributed by atoms with van der Waals surface area (Å²) in [6, 6.07) is 4.54. The first kappa shape index (κ1) is 16.7. The van der Waals surface area contributed by atoms with Crippen molar-refractivity contribution in [1.82, 2.24) is 10.0 Å². The van der Waals surface area contributed by atoms with E-state index in [1.165, 1.54) is 38.2 Å². The lowest BCUT2D eigenvalue weighted by atomic mass is 9.53. The quantitative estimate of drug-likeness (QED) is 0.809. The number of hydrogen-bond donors (Lipinski definition) is 0. The average Bonchev–Trinajstić information content (AvgIpc) is 2.59. The standard InChI is InChI=1S/C21H26F2N2O/c1-21(2)20(26)25(24(21)11-14-4-3-5-17(22)18(14)23)19-15-7-12-6-13(9-15)10-16(19)8-12/h3-5,12-13,15-16,19H,6-11H2,1-2H3. The fourth-order valence-corrected chi connectivity index (χ4v) is 6.42. The van der Waals surface area contributed by atoms with E-state index in [2.05, 4.69) is 0 Å². The normalized spacial score (nSPS) is 37.9. The first-order chi connectivity index (χ1) is 12.4. The number of rotatable bonds is 3. The van der Waals surface area contributed by atoms with Gasteiger partial charge < -0.3 is 0 Å². The summed E-state index contributed by atoms with van der Waals surface area (Å²) in [7, 11) is 0. The SMILES string of the molecule is CC1(C)C(=O)N(C2C3CC4CC(C3)CC2C4)N1Cc1cccc(F)c1F. The largest absolute Gasteiger partial charge is 0.271 e. The molecular formula is C21H26F2N2O. The smallest absolute Gasteiger partial charge is 0.258 e. The molecule has 1 aliphatic heterocycles. The van der Waals surface area contributed by atoms with Crippen LogP contribution < -0.4 is 0 Å². The topological polar surface area (TPSA) is 23.6 Å². The highest BCUT2D eigenvalue weighted by Crippen LogP contribution is 2.57. The van der Waals surface area contributed by atoms with Crippen LogP contribution in [0.1, 0.15) is 51.5 Å². The van der Waals surface area contributed by atoms with E-state index < -0.39 is 17.2 Å². The first-order valence-electron chi connectivity index (χ1n) is 9.90. The van der Waals surface area contributed by atoms with Gasteiger partial charge in [0.25, 0.3) is 5.91 Å². The van der Waals surface area contributed by atoms with Gasteiger partial charge in [0.1, 0.15) is 5.54 Å². The number of halogens is 2. The minimum atomic E-state index is -0.826. The van der Waals surface area contributed by atoms with Crippen LogP contribution in [-0.4, -0.2) is 27.5 Å². The van der Waals surface area contributed by atoms with Crippen molar-refractivity contribution in [3.05, 3.63) is 35.4 Å². The summed E-state index contributed by atoms with van der Waals surface area (Å²) in [5, 5.41) is 3.91. The molecule has 0 radical (unpaired) electrons. The van der Waals surface area contributed by atoms with Gasteiger partial charge in [-0.15, -0.1) is 0 Å². The Morgan fingerprint density at radius 1 is 1.04 bits per heavy atom. The van der Waals surface area contributed by atoms with Crippen molar-refractivity contribution in [1.29, 1.82) is 0 Å². The highest BCUT2D eigenvalue weighted by atomic mass is 19.2. The molecule has 4 bridgehead atoms. The van der Waals surface area contributed by atoms with Crippen molar-refractivity contribution in [3.8, 4) is 0 Å². The van der Waals surface area contributed by atoms with Crippen LogP contribution in [-0.2, 0) is 11.3 Å². The maximum absolute atomic E-state index is 14.2. The monoisotopic (exact) mass is 360 g/mol. The molecule has 0 unspecified atom stereocenters. The molecule has 4 saturated carbocycles. The molecule has 1 aromatic rings. The summed E-state index contributed by atoms with van der Waals surface area (Å²) in [6.07, 6.45) is 6.28. The molecule has 5 aliphatic rings. The van der Waals surface area contributed by atoms with E-state index in [-0.39, 0.29) is 18.5 Å². The van der Waals surface area contributed by atoms with E-state index in [0.29, 0.717) is 17.4 Å². The van der Waals surface area contributed by atoms with E-state index in [1.807, 2.05) is 23.9 Å². The van der Waals surface area contributed by atoms with Gasteiger partial charge in [0, 0.05) is 12.1 Å². The third kappa shape index (κ3) is 2.22. The van der Waals surface area contributed by atoms with Gasteiger partial charge in [-0.2, -0.15) is 5.01 Å². The number of benzene rings is 1. The van der Waals surface area contributed by atoms with Crippen molar-refractivity contribution in [2.45, 2.75) is 64.1 Å². The predicted octanol–water partition coefficient (Wildman–Crippen LogP) is 4.13. The van der Waals surface area contributed by atoms with Gasteiger partial charge in [-0.25, -0.2) is 8.78 Å². The highest BCUT2D eigenvalue weighted by molar-refractivity contribution is 5.90. The first-order valence-corrected chi connectivity index (χ1v) is 9.90. The Bertz CT molecular complexity index is 734. The van der Waals surface area contributed by atoms with Gasteiger partial charge in [-0.05, 0) is 75.7 Å². The summed E-state index contributed by atoms with van der Waals surface area (Å²) < 4.78 is 27.9. The van der Waals surface area contributed by atoms with Crippen LogP contribution in [0.15, 0.2) is 18.2 Å². The number of hydrazine groups is 1. The third-order valence-corrected chi connectivity index (χ3v) is 7.45. The summed E-state index contributed by atoms with van der Waals surface area (Å²) in [6.45, 7) is 4.02. The number of carbonyl (C=O) groups excluding carboxylic acids is 1. The minimum absolute atomic E-state index is 0.131. The Labute approximate surface area is 153 Å². The molecule has 140 valence electrons. The van der Waals surface area contributed by atoms with Gasteiger partial charge in [0.15, 0.2) is 11.6 Å². The Balaban J connectivity index is 1.44. The van der Waals surface area contributed by atoms with Crippen LogP contribution in [0.25, 0.3) is 0 Å². The van der Waals surface area contributed by atoms with Crippen LogP contribution in [0.5, 0.6) is 0 Å². The van der Waals surface area contributed by atoms with Gasteiger partial charge in [0.05, 0.1) is 6.04 Å². The van der Waals surface area contributed by atoms with Gasteiger partial charge >= 0.3 is 0 Å². The van der Waals surface area contributed by atoms with Crippen LogP contribution in [0, 0.1) is 35.3 Å². The lowest BCUT2D eigenvalue weighted by Gasteiger charge is -2.65. The van der Waals surface area contributed by atoms with Gasteiger partial charge in [-0.3, -0.25) is 9.80 Å². The Kier molecular flexibility index (Phi) is 3.53. The van der Waals surface area contributed by atoms with E-state index >= 15 is 0 Å². The second-order valence-electron chi connectivity index (χ2n) is 9.40. The molecule has 0 N–H and O–H groups in total. The molecule has 0 atom stereocenters. The lowest BCUT2D eigenvalue weighted by molar-refractivity contribution is -0.251. The van der Waals surface area contributed by atoms with Crippen LogP contribution in [0.3, 0.4) is 0 Å². The maximum Gasteiger partial charge on any atom is 0.258 e. The second kappa shape index (κ2) is 5.51. The number of amides is 1. The molecule has 1 amide bonds. The molecule has 5 fully saturated rings. The summed E-state index contributed by atoms with van der Waals surface area (Å²) in [5.41, 5.74) is -0.340. The molecule has 1 saturated heterocycles. The maximum atomic E-state index is 14.2. The Morgan fingerprint density at radius 3 is 2.27 bits per heavy atom. The van der Waals surface area contributed by atoms with E-state index in [4.69, 9.17) is 0 Å². The number of hydrogen-bond acceptors (Lipinski definition) is 2. The Hall–Kier alpha value is -1.49. The van der Waals surface area contributed by atoms with Crippen molar-refractivity contribution in [3.63, 3.8) is 0 Å². The van der Waals surface area contributed by atoms with Crippen LogP contribution in [0.2, 0.25) is 0 Å².